The summed E-state index contributed by atoms with van der Waals surface area (Å²) in [4.78, 5) is 29.3. The Balaban J connectivity index is 1.46. The molecule has 0 atom stereocenters. The first kappa shape index (κ1) is 18.4. The number of piperazine rings is 1. The van der Waals surface area contributed by atoms with Crippen molar-refractivity contribution in [2.75, 3.05) is 45.3 Å². The van der Waals surface area contributed by atoms with E-state index in [1.807, 2.05) is 0 Å². The van der Waals surface area contributed by atoms with Gasteiger partial charge in [0.1, 0.15) is 11.5 Å². The lowest BCUT2D eigenvalue weighted by Crippen LogP contribution is -2.49. The summed E-state index contributed by atoms with van der Waals surface area (Å²) in [5.74, 6) is -0.200. The van der Waals surface area contributed by atoms with E-state index in [9.17, 15) is 9.18 Å². The Bertz CT molecular complexity index is 997. The molecule has 0 saturated carbocycles. The van der Waals surface area contributed by atoms with Crippen LogP contribution >= 0.6 is 11.3 Å². The lowest BCUT2D eigenvalue weighted by Gasteiger charge is -2.34. The summed E-state index contributed by atoms with van der Waals surface area (Å²) < 4.78 is 24.3. The number of hydrogen-bond acceptors (Lipinski definition) is 8. The number of amides is 1. The third-order valence-corrected chi connectivity index (χ3v) is 5.55. The summed E-state index contributed by atoms with van der Waals surface area (Å²) >= 11 is 1.45. The first-order chi connectivity index (χ1) is 13.6. The second-order valence-corrected chi connectivity index (χ2v) is 7.18. The molecule has 0 unspecified atom stereocenters. The van der Waals surface area contributed by atoms with Crippen LogP contribution in [0.25, 0.3) is 10.2 Å². The minimum absolute atomic E-state index is 0.0862. The maximum atomic E-state index is 13.4. The van der Waals surface area contributed by atoms with Gasteiger partial charge in [-0.3, -0.25) is 4.79 Å². The molecule has 1 aliphatic heterocycles. The van der Waals surface area contributed by atoms with Crippen molar-refractivity contribution < 1.29 is 18.7 Å². The number of ether oxygens (including phenoxy) is 2. The smallest absolute Gasteiger partial charge is 0.320 e. The van der Waals surface area contributed by atoms with E-state index < -0.39 is 0 Å². The predicted molar refractivity (Wildman–Crippen MR) is 103 cm³/mol. The van der Waals surface area contributed by atoms with Gasteiger partial charge in [-0.1, -0.05) is 11.3 Å². The molecule has 3 aromatic rings. The van der Waals surface area contributed by atoms with Crippen molar-refractivity contribution in [2.45, 2.75) is 0 Å². The number of rotatable bonds is 4. The van der Waals surface area contributed by atoms with Gasteiger partial charge in [-0.25, -0.2) is 9.37 Å². The van der Waals surface area contributed by atoms with Crippen LogP contribution in [0.15, 0.2) is 24.3 Å². The monoisotopic (exact) mass is 403 g/mol. The van der Waals surface area contributed by atoms with Crippen LogP contribution in [0.5, 0.6) is 11.9 Å². The molecular weight excluding hydrogens is 385 g/mol. The van der Waals surface area contributed by atoms with Crippen molar-refractivity contribution in [2.24, 2.45) is 0 Å². The van der Waals surface area contributed by atoms with Gasteiger partial charge < -0.3 is 19.3 Å². The number of methoxy groups -OCH3 is 2. The van der Waals surface area contributed by atoms with Gasteiger partial charge in [0.05, 0.1) is 24.4 Å². The van der Waals surface area contributed by atoms with Gasteiger partial charge in [0.2, 0.25) is 5.88 Å². The zero-order valence-electron chi connectivity index (χ0n) is 15.4. The van der Waals surface area contributed by atoms with Crippen LogP contribution < -0.4 is 14.4 Å². The largest absolute Gasteiger partial charge is 0.481 e. The molecule has 1 aromatic carbocycles. The molecule has 1 fully saturated rings. The zero-order chi connectivity index (χ0) is 19.7. The van der Waals surface area contributed by atoms with Gasteiger partial charge >= 0.3 is 6.01 Å². The summed E-state index contributed by atoms with van der Waals surface area (Å²) in [7, 11) is 2.91. The molecule has 8 nitrogen and oxygen atoms in total. The molecule has 0 aliphatic carbocycles. The number of carbonyl (C=O) groups excluding carboxylic acids is 1. The van der Waals surface area contributed by atoms with E-state index in [0.29, 0.717) is 26.2 Å². The van der Waals surface area contributed by atoms with Gasteiger partial charge in [0.25, 0.3) is 5.91 Å². The molecule has 0 bridgehead atoms. The third-order valence-electron chi connectivity index (χ3n) is 4.47. The van der Waals surface area contributed by atoms with Gasteiger partial charge in [-0.15, -0.1) is 0 Å². The predicted octanol–water partition coefficient (Wildman–Crippen LogP) is 2.21. The number of nitrogens with zero attached hydrogens (tertiary/aromatic N) is 5. The lowest BCUT2D eigenvalue weighted by atomic mass is 10.2. The fourth-order valence-corrected chi connectivity index (χ4v) is 4.04. The Labute approximate surface area is 164 Å². The second-order valence-electron chi connectivity index (χ2n) is 6.17. The Morgan fingerprint density at radius 3 is 2.57 bits per heavy atom. The molecule has 28 heavy (non-hydrogen) atoms. The number of aromatic nitrogens is 3. The fourth-order valence-electron chi connectivity index (χ4n) is 2.99. The molecule has 0 spiro atoms. The molecular formula is C18H18FN5O3S. The first-order valence-electron chi connectivity index (χ1n) is 8.65. The minimum Gasteiger partial charge on any atom is -0.481 e. The summed E-state index contributed by atoms with van der Waals surface area (Å²) in [6, 6.07) is 6.17. The lowest BCUT2D eigenvalue weighted by molar-refractivity contribution is 0.0739. The highest BCUT2D eigenvalue weighted by molar-refractivity contribution is 7.22. The summed E-state index contributed by atoms with van der Waals surface area (Å²) in [6.45, 7) is 2.32. The molecule has 0 radical (unpaired) electrons. The van der Waals surface area contributed by atoms with Gasteiger partial charge in [-0.2, -0.15) is 9.97 Å². The highest BCUT2D eigenvalue weighted by Gasteiger charge is 2.25. The number of thiazole rings is 1. The Morgan fingerprint density at radius 1 is 1.07 bits per heavy atom. The SMILES string of the molecule is COc1cc(C(=O)N2CCN(c3nc4ccc(F)cc4s3)CC2)nc(OC)n1. The van der Waals surface area contributed by atoms with Crippen LogP contribution in [0, 0.1) is 5.82 Å². The van der Waals surface area contributed by atoms with E-state index in [2.05, 4.69) is 19.9 Å². The number of halogens is 1. The van der Waals surface area contributed by atoms with Crippen LogP contribution in [0.4, 0.5) is 9.52 Å². The summed E-state index contributed by atoms with van der Waals surface area (Å²) in [5, 5.41) is 0.832. The molecule has 1 saturated heterocycles. The minimum atomic E-state index is -0.270. The van der Waals surface area contributed by atoms with E-state index >= 15 is 0 Å². The number of hydrogen-bond donors (Lipinski definition) is 0. The van der Waals surface area contributed by atoms with Crippen molar-refractivity contribution in [1.29, 1.82) is 0 Å². The molecule has 10 heteroatoms. The molecule has 0 N–H and O–H groups in total. The molecule has 146 valence electrons. The quantitative estimate of drug-likeness (QED) is 0.661. The van der Waals surface area contributed by atoms with Crippen molar-refractivity contribution in [3.8, 4) is 11.9 Å². The Kier molecular flexibility index (Phi) is 4.95. The second kappa shape index (κ2) is 7.55. The van der Waals surface area contributed by atoms with Crippen molar-refractivity contribution in [3.05, 3.63) is 35.8 Å². The van der Waals surface area contributed by atoms with Gasteiger partial charge in [0.15, 0.2) is 5.13 Å². The highest BCUT2D eigenvalue weighted by Crippen LogP contribution is 2.30. The number of fused-ring (bicyclic) bond motifs is 1. The topological polar surface area (TPSA) is 80.7 Å². The maximum absolute atomic E-state index is 13.4. The molecule has 4 rings (SSSR count). The number of benzene rings is 1. The zero-order valence-corrected chi connectivity index (χ0v) is 16.2. The Hall–Kier alpha value is -3.01. The van der Waals surface area contributed by atoms with E-state index in [4.69, 9.17) is 9.47 Å². The van der Waals surface area contributed by atoms with Crippen molar-refractivity contribution >= 4 is 32.6 Å². The van der Waals surface area contributed by atoms with Crippen LogP contribution in [0.1, 0.15) is 10.5 Å². The normalized spacial score (nSPS) is 14.4. The van der Waals surface area contributed by atoms with Gasteiger partial charge in [0, 0.05) is 32.2 Å². The third kappa shape index (κ3) is 3.55. The van der Waals surface area contributed by atoms with Crippen LogP contribution in [0.2, 0.25) is 0 Å². The van der Waals surface area contributed by atoms with Crippen LogP contribution in [-0.2, 0) is 0 Å². The molecule has 1 amide bonds. The van der Waals surface area contributed by atoms with Gasteiger partial charge in [-0.05, 0) is 18.2 Å². The fraction of sp³-hybridized carbons (Fsp3) is 0.333. The van der Waals surface area contributed by atoms with Crippen LogP contribution in [-0.4, -0.2) is 66.2 Å². The van der Waals surface area contributed by atoms with Crippen molar-refractivity contribution in [3.63, 3.8) is 0 Å². The Morgan fingerprint density at radius 2 is 1.86 bits per heavy atom. The first-order valence-corrected chi connectivity index (χ1v) is 9.46. The number of carbonyl (C=O) groups is 1. The molecule has 1 aliphatic rings. The highest BCUT2D eigenvalue weighted by atomic mass is 32.1. The van der Waals surface area contributed by atoms with Crippen LogP contribution in [0.3, 0.4) is 0 Å². The average Bonchev–Trinajstić information content (AvgIpc) is 3.16. The number of anilines is 1. The average molecular weight is 403 g/mol. The standard InChI is InChI=1S/C18H18FN5O3S/c1-26-15-10-13(20-17(22-15)27-2)16(25)23-5-7-24(8-6-23)18-21-12-4-3-11(19)9-14(12)28-18/h3-4,9-10H,5-8H2,1-2H3. The van der Waals surface area contributed by atoms with E-state index in [1.165, 1.54) is 43.8 Å². The van der Waals surface area contributed by atoms with Crippen molar-refractivity contribution in [1.82, 2.24) is 19.9 Å². The molecule has 2 aromatic heterocycles. The van der Waals surface area contributed by atoms with E-state index in [0.717, 1.165) is 15.3 Å². The van der Waals surface area contributed by atoms with E-state index in [1.54, 1.807) is 11.0 Å². The summed E-state index contributed by atoms with van der Waals surface area (Å²) in [5.41, 5.74) is 1.01. The summed E-state index contributed by atoms with van der Waals surface area (Å²) in [6.07, 6.45) is 0. The molecule has 3 heterocycles. The maximum Gasteiger partial charge on any atom is 0.320 e. The van der Waals surface area contributed by atoms with E-state index in [-0.39, 0.29) is 29.3 Å².